The zero-order valence-corrected chi connectivity index (χ0v) is 9.08. The SMILES string of the molecule is COCC(N)c1cnn(-c2ccccc2)n1. The molecule has 0 saturated heterocycles. The number of hydrogen-bond acceptors (Lipinski definition) is 4. The van der Waals surface area contributed by atoms with Gasteiger partial charge in [0.05, 0.1) is 24.5 Å². The normalized spacial score (nSPS) is 12.6. The lowest BCUT2D eigenvalue weighted by Crippen LogP contribution is -2.16. The molecule has 5 nitrogen and oxygen atoms in total. The van der Waals surface area contributed by atoms with E-state index in [-0.39, 0.29) is 6.04 Å². The van der Waals surface area contributed by atoms with E-state index < -0.39 is 0 Å². The number of methoxy groups -OCH3 is 1. The number of nitrogens with two attached hydrogens (primary N) is 1. The first-order valence-corrected chi connectivity index (χ1v) is 5.03. The first-order valence-electron chi connectivity index (χ1n) is 5.03. The van der Waals surface area contributed by atoms with Crippen molar-refractivity contribution in [3.63, 3.8) is 0 Å². The molecule has 1 aromatic carbocycles. The molecular formula is C11H14N4O. The van der Waals surface area contributed by atoms with Crippen LogP contribution in [0.2, 0.25) is 0 Å². The van der Waals surface area contributed by atoms with Crippen LogP contribution < -0.4 is 5.73 Å². The van der Waals surface area contributed by atoms with Gasteiger partial charge in [0.1, 0.15) is 5.69 Å². The van der Waals surface area contributed by atoms with Crippen LogP contribution in [0.25, 0.3) is 5.69 Å². The zero-order valence-electron chi connectivity index (χ0n) is 9.08. The second-order valence-corrected chi connectivity index (χ2v) is 3.46. The van der Waals surface area contributed by atoms with Gasteiger partial charge in [-0.3, -0.25) is 0 Å². The van der Waals surface area contributed by atoms with Crippen molar-refractivity contribution in [3.05, 3.63) is 42.2 Å². The van der Waals surface area contributed by atoms with Crippen molar-refractivity contribution in [1.82, 2.24) is 15.0 Å². The third kappa shape index (κ3) is 2.26. The fraction of sp³-hybridized carbons (Fsp3) is 0.273. The molecule has 0 bridgehead atoms. The second kappa shape index (κ2) is 4.87. The summed E-state index contributed by atoms with van der Waals surface area (Å²) in [5.41, 5.74) is 7.50. The highest BCUT2D eigenvalue weighted by molar-refractivity contribution is 5.28. The predicted molar refractivity (Wildman–Crippen MR) is 60.2 cm³/mol. The van der Waals surface area contributed by atoms with Crippen molar-refractivity contribution in [2.24, 2.45) is 5.73 Å². The molecule has 1 atom stereocenters. The van der Waals surface area contributed by atoms with Crippen LogP contribution in [0.4, 0.5) is 0 Å². The Balaban J connectivity index is 2.20. The lowest BCUT2D eigenvalue weighted by molar-refractivity contribution is 0.179. The summed E-state index contributed by atoms with van der Waals surface area (Å²) >= 11 is 0. The number of nitrogens with zero attached hydrogens (tertiary/aromatic N) is 3. The number of aromatic nitrogens is 3. The average Bonchev–Trinajstić information content (AvgIpc) is 2.80. The van der Waals surface area contributed by atoms with Crippen molar-refractivity contribution in [2.75, 3.05) is 13.7 Å². The lowest BCUT2D eigenvalue weighted by atomic mass is 10.2. The fourth-order valence-corrected chi connectivity index (χ4v) is 1.40. The molecular weight excluding hydrogens is 204 g/mol. The van der Waals surface area contributed by atoms with Crippen LogP contribution in [-0.2, 0) is 4.74 Å². The smallest absolute Gasteiger partial charge is 0.102 e. The fourth-order valence-electron chi connectivity index (χ4n) is 1.40. The Hall–Kier alpha value is -1.72. The maximum atomic E-state index is 5.86. The molecule has 1 heterocycles. The summed E-state index contributed by atoms with van der Waals surface area (Å²) in [5, 5.41) is 8.46. The molecule has 2 aromatic rings. The molecule has 0 amide bonds. The summed E-state index contributed by atoms with van der Waals surface area (Å²) in [5.74, 6) is 0. The summed E-state index contributed by atoms with van der Waals surface area (Å²) in [4.78, 5) is 1.56. The Morgan fingerprint density at radius 2 is 2.12 bits per heavy atom. The van der Waals surface area contributed by atoms with Crippen LogP contribution in [-0.4, -0.2) is 28.7 Å². The second-order valence-electron chi connectivity index (χ2n) is 3.46. The highest BCUT2D eigenvalue weighted by Crippen LogP contribution is 2.08. The van der Waals surface area contributed by atoms with E-state index in [0.29, 0.717) is 6.61 Å². The molecule has 0 aliphatic rings. The highest BCUT2D eigenvalue weighted by atomic mass is 16.5. The topological polar surface area (TPSA) is 66.0 Å². The summed E-state index contributed by atoms with van der Waals surface area (Å²) < 4.78 is 4.97. The van der Waals surface area contributed by atoms with Crippen molar-refractivity contribution in [1.29, 1.82) is 0 Å². The molecule has 0 fully saturated rings. The molecule has 1 unspecified atom stereocenters. The van der Waals surface area contributed by atoms with Crippen LogP contribution in [0, 0.1) is 0 Å². The van der Waals surface area contributed by atoms with Crippen LogP contribution in [0.3, 0.4) is 0 Å². The largest absolute Gasteiger partial charge is 0.383 e. The summed E-state index contributed by atoms with van der Waals surface area (Å²) in [6.07, 6.45) is 1.66. The van der Waals surface area contributed by atoms with Crippen molar-refractivity contribution in [2.45, 2.75) is 6.04 Å². The first kappa shape index (κ1) is 10.8. The molecule has 5 heteroatoms. The summed E-state index contributed by atoms with van der Waals surface area (Å²) in [6, 6.07) is 9.46. The van der Waals surface area contributed by atoms with Gasteiger partial charge in [0, 0.05) is 7.11 Å². The van der Waals surface area contributed by atoms with Crippen molar-refractivity contribution in [3.8, 4) is 5.69 Å². The van der Waals surface area contributed by atoms with Gasteiger partial charge in [-0.1, -0.05) is 18.2 Å². The highest BCUT2D eigenvalue weighted by Gasteiger charge is 2.10. The molecule has 16 heavy (non-hydrogen) atoms. The summed E-state index contributed by atoms with van der Waals surface area (Å²) in [6.45, 7) is 0.438. The Bertz CT molecular complexity index is 440. The minimum Gasteiger partial charge on any atom is -0.383 e. The van der Waals surface area contributed by atoms with E-state index in [2.05, 4.69) is 10.2 Å². The average molecular weight is 218 g/mol. The van der Waals surface area contributed by atoms with Crippen LogP contribution >= 0.6 is 0 Å². The molecule has 84 valence electrons. The van der Waals surface area contributed by atoms with E-state index >= 15 is 0 Å². The molecule has 0 aliphatic carbocycles. The molecule has 2 N–H and O–H groups in total. The lowest BCUT2D eigenvalue weighted by Gasteiger charge is -2.05. The maximum Gasteiger partial charge on any atom is 0.102 e. The Morgan fingerprint density at radius 3 is 2.81 bits per heavy atom. The third-order valence-electron chi connectivity index (χ3n) is 2.22. The Kier molecular flexibility index (Phi) is 3.28. The zero-order chi connectivity index (χ0) is 11.4. The van der Waals surface area contributed by atoms with E-state index in [1.165, 1.54) is 0 Å². The minimum absolute atomic E-state index is 0.234. The van der Waals surface area contributed by atoms with Crippen molar-refractivity contribution < 1.29 is 4.74 Å². The molecule has 0 radical (unpaired) electrons. The number of ether oxygens (including phenoxy) is 1. The minimum atomic E-state index is -0.234. The Morgan fingerprint density at radius 1 is 1.38 bits per heavy atom. The molecule has 0 aliphatic heterocycles. The van der Waals surface area contributed by atoms with Gasteiger partial charge in [-0.15, -0.1) is 0 Å². The first-order chi connectivity index (χ1) is 7.81. The number of benzene rings is 1. The standard InChI is InChI=1S/C11H14N4O/c1-16-8-10(12)11-7-13-15(14-11)9-5-3-2-4-6-9/h2-7,10H,8,12H2,1H3. The van der Waals surface area contributed by atoms with E-state index in [1.54, 1.807) is 18.1 Å². The molecule has 0 spiro atoms. The van der Waals surface area contributed by atoms with E-state index in [9.17, 15) is 0 Å². The number of para-hydroxylation sites is 1. The van der Waals surface area contributed by atoms with Crippen LogP contribution in [0.1, 0.15) is 11.7 Å². The molecule has 2 rings (SSSR count). The number of hydrogen-bond donors (Lipinski definition) is 1. The van der Waals surface area contributed by atoms with Gasteiger partial charge < -0.3 is 10.5 Å². The number of rotatable bonds is 4. The molecule has 0 saturated carbocycles. The van der Waals surface area contributed by atoms with Gasteiger partial charge >= 0.3 is 0 Å². The predicted octanol–water partition coefficient (Wildman–Crippen LogP) is 0.913. The Labute approximate surface area is 93.8 Å². The third-order valence-corrected chi connectivity index (χ3v) is 2.22. The summed E-state index contributed by atoms with van der Waals surface area (Å²) in [7, 11) is 1.61. The van der Waals surface area contributed by atoms with Gasteiger partial charge in [0.25, 0.3) is 0 Å². The van der Waals surface area contributed by atoms with Gasteiger partial charge in [0.2, 0.25) is 0 Å². The monoisotopic (exact) mass is 218 g/mol. The van der Waals surface area contributed by atoms with Gasteiger partial charge in [-0.05, 0) is 12.1 Å². The van der Waals surface area contributed by atoms with Crippen LogP contribution in [0.15, 0.2) is 36.5 Å². The quantitative estimate of drug-likeness (QED) is 0.828. The van der Waals surface area contributed by atoms with Crippen LogP contribution in [0.5, 0.6) is 0 Å². The van der Waals surface area contributed by atoms with Gasteiger partial charge in [-0.25, -0.2) is 0 Å². The molecule has 1 aromatic heterocycles. The van der Waals surface area contributed by atoms with Gasteiger partial charge in [0.15, 0.2) is 0 Å². The van der Waals surface area contributed by atoms with E-state index in [1.807, 2.05) is 30.3 Å². The van der Waals surface area contributed by atoms with Crippen molar-refractivity contribution >= 4 is 0 Å². The van der Waals surface area contributed by atoms with Gasteiger partial charge in [-0.2, -0.15) is 15.0 Å². The maximum absolute atomic E-state index is 5.86. The van der Waals surface area contributed by atoms with E-state index in [4.69, 9.17) is 10.5 Å². The van der Waals surface area contributed by atoms with E-state index in [0.717, 1.165) is 11.4 Å².